The van der Waals surface area contributed by atoms with Gasteiger partial charge in [-0.1, -0.05) is 49.5 Å². The molecule has 4 unspecified atom stereocenters. The minimum absolute atomic E-state index is 0.138. The summed E-state index contributed by atoms with van der Waals surface area (Å²) in [5.41, 5.74) is -1.06. The maximum Gasteiger partial charge on any atom is 0.308 e. The number of nitrogens with zero attached hydrogens (tertiary/aromatic N) is 1. The Kier molecular flexibility index (Phi) is 5.67. The van der Waals surface area contributed by atoms with Crippen LogP contribution in [-0.2, 0) is 4.79 Å². The minimum Gasteiger partial charge on any atom is -0.481 e. The Bertz CT molecular complexity index is 711. The van der Waals surface area contributed by atoms with E-state index in [4.69, 9.17) is 0 Å². The highest BCUT2D eigenvalue weighted by Gasteiger charge is 2.50. The second-order valence-electron chi connectivity index (χ2n) is 9.32. The van der Waals surface area contributed by atoms with Gasteiger partial charge < -0.3 is 10.2 Å². The molecular weight excluding hydrogens is 350 g/mol. The molecule has 6 atom stereocenters. The highest BCUT2D eigenvalue weighted by molar-refractivity contribution is 5.71. The van der Waals surface area contributed by atoms with Crippen molar-refractivity contribution in [2.24, 2.45) is 29.6 Å². The number of likely N-dealkylation sites (tertiary alicyclic amines) is 1. The van der Waals surface area contributed by atoms with Gasteiger partial charge >= 0.3 is 5.97 Å². The third-order valence-corrected chi connectivity index (χ3v) is 7.71. The van der Waals surface area contributed by atoms with Crippen LogP contribution in [0.3, 0.4) is 0 Å². The number of carboxylic acid groups (broad SMARTS) is 1. The van der Waals surface area contributed by atoms with Crippen LogP contribution in [-0.4, -0.2) is 45.8 Å². The van der Waals surface area contributed by atoms with Crippen LogP contribution < -0.4 is 0 Å². The van der Waals surface area contributed by atoms with Gasteiger partial charge in [-0.2, -0.15) is 0 Å². The number of carbonyl (C=O) groups is 1. The van der Waals surface area contributed by atoms with Crippen molar-refractivity contribution in [3.8, 4) is 11.8 Å². The van der Waals surface area contributed by atoms with Gasteiger partial charge in [0.25, 0.3) is 0 Å². The molecule has 0 amide bonds. The molecule has 0 bridgehead atoms. The standard InChI is InChI=1S/C24H33NO3/c1-17-21-15-18(21)16-25(17)14-8-6-11-20(23(26)27)22-12-5-7-13-24(22,28)19-9-3-2-4-10-19/h5,7,12-13,17-22,28H,2-4,9-11,14-16H2,1H3,(H,26,27)/t17?,18-,20?,21+,22?,24?/m0/s1. The van der Waals surface area contributed by atoms with Crippen LogP contribution in [0.4, 0.5) is 0 Å². The lowest BCUT2D eigenvalue weighted by molar-refractivity contribution is -0.147. The van der Waals surface area contributed by atoms with E-state index in [1.807, 2.05) is 24.3 Å². The fraction of sp³-hybridized carbons (Fsp3) is 0.708. The molecule has 1 heterocycles. The Morgan fingerprint density at radius 1 is 1.25 bits per heavy atom. The number of allylic oxidation sites excluding steroid dienone is 2. The third kappa shape index (κ3) is 3.80. The fourth-order valence-electron chi connectivity index (χ4n) is 5.81. The summed E-state index contributed by atoms with van der Waals surface area (Å²) in [6, 6.07) is 0.609. The van der Waals surface area contributed by atoms with Gasteiger partial charge in [0.05, 0.1) is 18.1 Å². The zero-order valence-electron chi connectivity index (χ0n) is 16.9. The zero-order chi connectivity index (χ0) is 19.7. The average molecular weight is 384 g/mol. The summed E-state index contributed by atoms with van der Waals surface area (Å²) >= 11 is 0. The molecule has 0 aromatic rings. The van der Waals surface area contributed by atoms with Gasteiger partial charge in [-0.25, -0.2) is 0 Å². The summed E-state index contributed by atoms with van der Waals surface area (Å²) in [5.74, 6) is 6.28. The van der Waals surface area contributed by atoms with Crippen molar-refractivity contribution in [2.45, 2.75) is 63.5 Å². The molecule has 1 aliphatic heterocycles. The topological polar surface area (TPSA) is 60.8 Å². The fourth-order valence-corrected chi connectivity index (χ4v) is 5.81. The summed E-state index contributed by atoms with van der Waals surface area (Å²) in [7, 11) is 0. The normalized spacial score (nSPS) is 38.5. The van der Waals surface area contributed by atoms with E-state index in [0.717, 1.165) is 50.6 Å². The number of hydrogen-bond donors (Lipinski definition) is 2. The molecule has 0 aromatic heterocycles. The number of fused-ring (bicyclic) bond motifs is 1. The summed E-state index contributed by atoms with van der Waals surface area (Å²) < 4.78 is 0. The second kappa shape index (κ2) is 8.05. The third-order valence-electron chi connectivity index (χ3n) is 7.71. The van der Waals surface area contributed by atoms with Crippen LogP contribution in [0.15, 0.2) is 24.3 Å². The minimum atomic E-state index is -1.06. The molecule has 2 N–H and O–H groups in total. The van der Waals surface area contributed by atoms with E-state index in [0.29, 0.717) is 12.5 Å². The lowest BCUT2D eigenvalue weighted by Gasteiger charge is -2.44. The summed E-state index contributed by atoms with van der Waals surface area (Å²) in [6.07, 6.45) is 14.5. The molecule has 4 aliphatic rings. The van der Waals surface area contributed by atoms with Crippen LogP contribution in [0.2, 0.25) is 0 Å². The van der Waals surface area contributed by atoms with Gasteiger partial charge in [0.15, 0.2) is 0 Å². The van der Waals surface area contributed by atoms with Gasteiger partial charge in [-0.05, 0) is 43.9 Å². The van der Waals surface area contributed by atoms with Crippen LogP contribution in [0.5, 0.6) is 0 Å². The van der Waals surface area contributed by atoms with Gasteiger partial charge in [0.1, 0.15) is 0 Å². The SMILES string of the molecule is CC1[C@H]2C[C@H]2CN1CC#CCC(C(=O)O)C1C=CC=CC1(O)C1CCCCC1. The van der Waals surface area contributed by atoms with Gasteiger partial charge in [0.2, 0.25) is 0 Å². The number of piperidine rings is 1. The molecule has 152 valence electrons. The Labute approximate surface area is 168 Å². The molecule has 0 radical (unpaired) electrons. The predicted octanol–water partition coefficient (Wildman–Crippen LogP) is 3.47. The first-order valence-corrected chi connectivity index (χ1v) is 11.0. The number of aliphatic hydroxyl groups is 1. The smallest absolute Gasteiger partial charge is 0.308 e. The molecular formula is C24H33NO3. The molecule has 2 saturated carbocycles. The quantitative estimate of drug-likeness (QED) is 0.714. The number of rotatable bonds is 5. The van der Waals surface area contributed by atoms with Crippen LogP contribution in [0.25, 0.3) is 0 Å². The molecule has 0 aromatic carbocycles. The summed E-state index contributed by atoms with van der Waals surface area (Å²) in [6.45, 7) is 4.15. The highest BCUT2D eigenvalue weighted by Crippen LogP contribution is 2.49. The van der Waals surface area contributed by atoms with Crippen LogP contribution >= 0.6 is 0 Å². The Hall–Kier alpha value is -1.57. The number of aliphatic carboxylic acids is 1. The number of carboxylic acids is 1. The first-order valence-electron chi connectivity index (χ1n) is 11.0. The summed E-state index contributed by atoms with van der Waals surface area (Å²) in [4.78, 5) is 14.5. The zero-order valence-corrected chi connectivity index (χ0v) is 16.9. The first kappa shape index (κ1) is 19.7. The largest absolute Gasteiger partial charge is 0.481 e. The van der Waals surface area contributed by atoms with Gasteiger partial charge in [-0.15, -0.1) is 5.92 Å². The van der Waals surface area contributed by atoms with Crippen LogP contribution in [0.1, 0.15) is 51.9 Å². The molecule has 3 aliphatic carbocycles. The van der Waals surface area contributed by atoms with E-state index in [1.54, 1.807) is 0 Å². The lowest BCUT2D eigenvalue weighted by Crippen LogP contribution is -2.49. The molecule has 4 nitrogen and oxygen atoms in total. The van der Waals surface area contributed by atoms with E-state index >= 15 is 0 Å². The molecule has 4 heteroatoms. The van der Waals surface area contributed by atoms with Gasteiger partial charge in [0, 0.05) is 24.9 Å². The Morgan fingerprint density at radius 3 is 2.71 bits per heavy atom. The Balaban J connectivity index is 1.42. The van der Waals surface area contributed by atoms with Crippen molar-refractivity contribution in [2.75, 3.05) is 13.1 Å². The van der Waals surface area contributed by atoms with E-state index in [1.165, 1.54) is 12.8 Å². The molecule has 0 spiro atoms. The molecule has 4 rings (SSSR count). The lowest BCUT2D eigenvalue weighted by atomic mass is 9.64. The van der Waals surface area contributed by atoms with Crippen molar-refractivity contribution in [3.05, 3.63) is 24.3 Å². The Morgan fingerprint density at radius 2 is 2.04 bits per heavy atom. The molecule has 1 saturated heterocycles. The van der Waals surface area contributed by atoms with E-state index in [-0.39, 0.29) is 5.92 Å². The van der Waals surface area contributed by atoms with E-state index in [9.17, 15) is 15.0 Å². The predicted molar refractivity (Wildman–Crippen MR) is 109 cm³/mol. The van der Waals surface area contributed by atoms with E-state index < -0.39 is 23.4 Å². The highest BCUT2D eigenvalue weighted by atomic mass is 16.4. The maximum absolute atomic E-state index is 12.1. The van der Waals surface area contributed by atoms with Crippen molar-refractivity contribution in [1.29, 1.82) is 0 Å². The van der Waals surface area contributed by atoms with Crippen molar-refractivity contribution < 1.29 is 15.0 Å². The van der Waals surface area contributed by atoms with Crippen molar-refractivity contribution >= 4 is 5.97 Å². The van der Waals surface area contributed by atoms with Gasteiger partial charge in [-0.3, -0.25) is 9.69 Å². The summed E-state index contributed by atoms with van der Waals surface area (Å²) in [5, 5.41) is 21.4. The second-order valence-corrected chi connectivity index (χ2v) is 9.32. The monoisotopic (exact) mass is 383 g/mol. The number of hydrogen-bond acceptors (Lipinski definition) is 3. The molecule has 3 fully saturated rings. The van der Waals surface area contributed by atoms with E-state index in [2.05, 4.69) is 23.7 Å². The van der Waals surface area contributed by atoms with Crippen molar-refractivity contribution in [3.63, 3.8) is 0 Å². The average Bonchev–Trinajstić information content (AvgIpc) is 3.40. The maximum atomic E-state index is 12.1. The first-order chi connectivity index (χ1) is 13.5. The van der Waals surface area contributed by atoms with Crippen LogP contribution in [0, 0.1) is 41.4 Å². The van der Waals surface area contributed by atoms with Crippen molar-refractivity contribution in [1.82, 2.24) is 4.90 Å². The molecule has 28 heavy (non-hydrogen) atoms.